The van der Waals surface area contributed by atoms with Crippen molar-refractivity contribution in [1.82, 2.24) is 10.2 Å². The largest absolute Gasteiger partial charge is 0.496 e. The number of likely N-dealkylation sites (tertiary alicyclic amines) is 1. The second-order valence-corrected chi connectivity index (χ2v) is 8.26. The Hall–Kier alpha value is -3.31. The van der Waals surface area contributed by atoms with Crippen LogP contribution < -0.4 is 10.1 Å². The summed E-state index contributed by atoms with van der Waals surface area (Å²) in [6, 6.07) is 22.7. The van der Waals surface area contributed by atoms with Gasteiger partial charge in [0, 0.05) is 29.7 Å². The zero-order chi connectivity index (χ0) is 22.5. The predicted molar refractivity (Wildman–Crippen MR) is 126 cm³/mol. The number of nitrogens with zero attached hydrogens (tertiary/aromatic N) is 1. The number of hydrogen-bond acceptors (Lipinski definition) is 3. The van der Waals surface area contributed by atoms with Gasteiger partial charge >= 0.3 is 0 Å². The first kappa shape index (κ1) is 21.9. The second kappa shape index (κ2) is 9.88. The molecule has 1 fully saturated rings. The molecule has 164 valence electrons. The topological polar surface area (TPSA) is 58.6 Å². The summed E-state index contributed by atoms with van der Waals surface area (Å²) in [5.74, 6) is 0.310. The summed E-state index contributed by atoms with van der Waals surface area (Å²) in [6.45, 7) is 1.12. The van der Waals surface area contributed by atoms with Gasteiger partial charge < -0.3 is 15.0 Å². The molecule has 0 spiro atoms. The third-order valence-corrected chi connectivity index (χ3v) is 6.00. The fraction of sp³-hybridized carbons (Fsp3) is 0.231. The SMILES string of the molecule is COc1ccc(Cl)cc1C(=O)N1CCC(NC(=O)c2ccc(-c3ccccc3)cc2)CC1. The molecule has 3 aromatic carbocycles. The van der Waals surface area contributed by atoms with Crippen LogP contribution in [0.4, 0.5) is 0 Å². The molecule has 0 aromatic heterocycles. The van der Waals surface area contributed by atoms with E-state index in [2.05, 4.69) is 5.32 Å². The fourth-order valence-corrected chi connectivity index (χ4v) is 4.13. The molecule has 1 N–H and O–H groups in total. The van der Waals surface area contributed by atoms with Crippen LogP contribution in [0.2, 0.25) is 5.02 Å². The van der Waals surface area contributed by atoms with Crippen LogP contribution in [0.3, 0.4) is 0 Å². The van der Waals surface area contributed by atoms with E-state index < -0.39 is 0 Å². The van der Waals surface area contributed by atoms with Gasteiger partial charge in [-0.25, -0.2) is 0 Å². The molecule has 0 bridgehead atoms. The highest BCUT2D eigenvalue weighted by molar-refractivity contribution is 6.31. The van der Waals surface area contributed by atoms with Gasteiger partial charge in [-0.15, -0.1) is 0 Å². The molecule has 0 atom stereocenters. The average molecular weight is 449 g/mol. The van der Waals surface area contributed by atoms with Crippen LogP contribution in [0.25, 0.3) is 11.1 Å². The first-order valence-electron chi connectivity index (χ1n) is 10.6. The normalized spacial score (nSPS) is 14.1. The first-order chi connectivity index (χ1) is 15.5. The number of hydrogen-bond donors (Lipinski definition) is 1. The van der Waals surface area contributed by atoms with Crippen molar-refractivity contribution in [1.29, 1.82) is 0 Å². The van der Waals surface area contributed by atoms with Gasteiger partial charge in [-0.2, -0.15) is 0 Å². The minimum absolute atomic E-state index is 0.0293. The molecule has 1 aliphatic rings. The Morgan fingerprint density at radius 2 is 1.59 bits per heavy atom. The number of halogens is 1. The van der Waals surface area contributed by atoms with Gasteiger partial charge in [0.1, 0.15) is 5.75 Å². The zero-order valence-electron chi connectivity index (χ0n) is 17.9. The average Bonchev–Trinajstić information content (AvgIpc) is 2.84. The van der Waals surface area contributed by atoms with Crippen molar-refractivity contribution in [2.75, 3.05) is 20.2 Å². The molecule has 1 heterocycles. The van der Waals surface area contributed by atoms with Crippen LogP contribution in [0.15, 0.2) is 72.8 Å². The lowest BCUT2D eigenvalue weighted by Gasteiger charge is -2.32. The van der Waals surface area contributed by atoms with E-state index in [0.717, 1.165) is 11.1 Å². The Bertz CT molecular complexity index is 1090. The van der Waals surface area contributed by atoms with Crippen LogP contribution in [-0.2, 0) is 0 Å². The quantitative estimate of drug-likeness (QED) is 0.594. The van der Waals surface area contributed by atoms with E-state index in [-0.39, 0.29) is 17.9 Å². The van der Waals surface area contributed by atoms with Crippen molar-refractivity contribution >= 4 is 23.4 Å². The molecule has 3 aromatic rings. The van der Waals surface area contributed by atoms with Gasteiger partial charge in [0.05, 0.1) is 12.7 Å². The maximum atomic E-state index is 12.9. The Kier molecular flexibility index (Phi) is 6.76. The van der Waals surface area contributed by atoms with Gasteiger partial charge in [0.15, 0.2) is 0 Å². The number of benzene rings is 3. The number of amides is 2. The minimum Gasteiger partial charge on any atom is -0.496 e. The Morgan fingerprint density at radius 3 is 2.25 bits per heavy atom. The molecule has 0 saturated carbocycles. The minimum atomic E-state index is -0.106. The van der Waals surface area contributed by atoms with Gasteiger partial charge in [-0.05, 0) is 54.3 Å². The van der Waals surface area contributed by atoms with Crippen molar-refractivity contribution in [3.05, 3.63) is 88.9 Å². The molecule has 1 saturated heterocycles. The molecule has 0 unspecified atom stereocenters. The number of carbonyl (C=O) groups excluding carboxylic acids is 2. The molecule has 0 aliphatic carbocycles. The molecule has 0 radical (unpaired) electrons. The summed E-state index contributed by atoms with van der Waals surface area (Å²) in [7, 11) is 1.54. The van der Waals surface area contributed by atoms with E-state index in [0.29, 0.717) is 47.8 Å². The van der Waals surface area contributed by atoms with E-state index in [9.17, 15) is 9.59 Å². The molecule has 5 nitrogen and oxygen atoms in total. The van der Waals surface area contributed by atoms with Crippen molar-refractivity contribution in [2.45, 2.75) is 18.9 Å². The van der Waals surface area contributed by atoms with Crippen LogP contribution in [-0.4, -0.2) is 43.0 Å². The van der Waals surface area contributed by atoms with Crippen LogP contribution in [0.1, 0.15) is 33.6 Å². The van der Waals surface area contributed by atoms with Crippen molar-refractivity contribution in [3.63, 3.8) is 0 Å². The molecule has 2 amide bonds. The third-order valence-electron chi connectivity index (χ3n) is 5.76. The first-order valence-corrected chi connectivity index (χ1v) is 11.0. The smallest absolute Gasteiger partial charge is 0.257 e. The lowest BCUT2D eigenvalue weighted by Crippen LogP contribution is -2.46. The molecule has 32 heavy (non-hydrogen) atoms. The van der Waals surface area contributed by atoms with Gasteiger partial charge in [0.25, 0.3) is 11.8 Å². The van der Waals surface area contributed by atoms with Gasteiger partial charge in [-0.3, -0.25) is 9.59 Å². The fourth-order valence-electron chi connectivity index (χ4n) is 3.96. The van der Waals surface area contributed by atoms with Crippen LogP contribution >= 0.6 is 11.6 Å². The van der Waals surface area contributed by atoms with E-state index in [4.69, 9.17) is 16.3 Å². The van der Waals surface area contributed by atoms with Crippen LogP contribution in [0.5, 0.6) is 5.75 Å². The molecule has 4 rings (SSSR count). The monoisotopic (exact) mass is 448 g/mol. The van der Waals surface area contributed by atoms with Crippen molar-refractivity contribution in [3.8, 4) is 16.9 Å². The number of carbonyl (C=O) groups is 2. The number of methoxy groups -OCH3 is 1. The number of piperidine rings is 1. The highest BCUT2D eigenvalue weighted by Gasteiger charge is 2.26. The van der Waals surface area contributed by atoms with E-state index in [1.54, 1.807) is 23.1 Å². The number of rotatable bonds is 5. The van der Waals surface area contributed by atoms with Crippen molar-refractivity contribution < 1.29 is 14.3 Å². The Morgan fingerprint density at radius 1 is 0.938 bits per heavy atom. The van der Waals surface area contributed by atoms with E-state index in [1.165, 1.54) is 7.11 Å². The highest BCUT2D eigenvalue weighted by atomic mass is 35.5. The van der Waals surface area contributed by atoms with Crippen molar-refractivity contribution in [2.24, 2.45) is 0 Å². The maximum absolute atomic E-state index is 12.9. The molecule has 6 heteroatoms. The summed E-state index contributed by atoms with van der Waals surface area (Å²) in [5, 5.41) is 3.60. The van der Waals surface area contributed by atoms with Crippen LogP contribution in [0, 0.1) is 0 Å². The molecular weight excluding hydrogens is 424 g/mol. The summed E-state index contributed by atoms with van der Waals surface area (Å²) in [5.41, 5.74) is 3.28. The maximum Gasteiger partial charge on any atom is 0.257 e. The Balaban J connectivity index is 1.33. The Labute approximate surface area is 193 Å². The lowest BCUT2D eigenvalue weighted by molar-refractivity contribution is 0.0695. The highest BCUT2D eigenvalue weighted by Crippen LogP contribution is 2.25. The van der Waals surface area contributed by atoms with Gasteiger partial charge in [0.2, 0.25) is 0 Å². The summed E-state index contributed by atoms with van der Waals surface area (Å²) in [4.78, 5) is 27.4. The summed E-state index contributed by atoms with van der Waals surface area (Å²) < 4.78 is 5.31. The number of nitrogens with one attached hydrogen (secondary N) is 1. The second-order valence-electron chi connectivity index (χ2n) is 7.83. The van der Waals surface area contributed by atoms with E-state index in [1.807, 2.05) is 54.6 Å². The van der Waals surface area contributed by atoms with E-state index >= 15 is 0 Å². The standard InChI is InChI=1S/C26H25ClN2O3/c1-32-24-12-11-21(27)17-23(24)26(31)29-15-13-22(14-16-29)28-25(30)20-9-7-19(8-10-20)18-5-3-2-4-6-18/h2-12,17,22H,13-16H2,1H3,(H,28,30). The molecular formula is C26H25ClN2O3. The zero-order valence-corrected chi connectivity index (χ0v) is 18.6. The third kappa shape index (κ3) is 4.94. The molecule has 1 aliphatic heterocycles. The number of ether oxygens (including phenoxy) is 1. The summed E-state index contributed by atoms with van der Waals surface area (Å²) in [6.07, 6.45) is 1.39. The summed E-state index contributed by atoms with van der Waals surface area (Å²) >= 11 is 6.07. The van der Waals surface area contributed by atoms with Gasteiger partial charge in [-0.1, -0.05) is 54.1 Å². The lowest BCUT2D eigenvalue weighted by atomic mass is 10.0. The predicted octanol–water partition coefficient (Wildman–Crippen LogP) is 5.05.